The van der Waals surface area contributed by atoms with E-state index in [2.05, 4.69) is 38.8 Å². The van der Waals surface area contributed by atoms with Gasteiger partial charge in [0.25, 0.3) is 5.56 Å². The lowest BCUT2D eigenvalue weighted by atomic mass is 10.1. The number of hydrogen-bond donors (Lipinski definition) is 1. The smallest absolute Gasteiger partial charge is 0.417 e. The first kappa shape index (κ1) is 26.9. The van der Waals surface area contributed by atoms with Crippen molar-refractivity contribution >= 4 is 25.3 Å². The summed E-state index contributed by atoms with van der Waals surface area (Å²) in [5.41, 5.74) is -1.83. The summed E-state index contributed by atoms with van der Waals surface area (Å²) >= 11 is 0. The van der Waals surface area contributed by atoms with Gasteiger partial charge in [0.15, 0.2) is 8.32 Å². The number of fused-ring (bicyclic) bond motifs is 1. The fourth-order valence-electron chi connectivity index (χ4n) is 4.47. The van der Waals surface area contributed by atoms with Crippen LogP contribution in [-0.4, -0.2) is 46.6 Å². The Morgan fingerprint density at radius 2 is 1.73 bits per heavy atom. The molecule has 37 heavy (non-hydrogen) atoms. The average Bonchev–Trinajstić information content (AvgIpc) is 3.21. The van der Waals surface area contributed by atoms with Gasteiger partial charge in [0.2, 0.25) is 0 Å². The molecule has 0 radical (unpaired) electrons. The molecule has 1 aromatic heterocycles. The van der Waals surface area contributed by atoms with Crippen molar-refractivity contribution < 1.29 is 27.5 Å². The first-order valence-corrected chi connectivity index (χ1v) is 14.9. The molecule has 7 nitrogen and oxygen atoms in total. The van der Waals surface area contributed by atoms with Gasteiger partial charge in [-0.3, -0.25) is 14.3 Å². The van der Waals surface area contributed by atoms with Crippen molar-refractivity contribution in [3.8, 4) is 5.69 Å². The van der Waals surface area contributed by atoms with E-state index in [4.69, 9.17) is 4.43 Å². The molecule has 2 unspecified atom stereocenters. The number of hydrogen-bond acceptors (Lipinski definition) is 4. The van der Waals surface area contributed by atoms with Crippen LogP contribution in [0, 0.1) is 0 Å². The molecule has 0 spiro atoms. The molecule has 1 saturated heterocycles. The minimum Gasteiger partial charge on any atom is -0.465 e. The largest absolute Gasteiger partial charge is 0.465 e. The Labute approximate surface area is 213 Å². The van der Waals surface area contributed by atoms with Crippen molar-refractivity contribution in [1.29, 1.82) is 0 Å². The minimum atomic E-state index is -4.76. The molecule has 1 N–H and O–H groups in total. The number of halogens is 3. The second-order valence-electron chi connectivity index (χ2n) is 10.8. The first-order valence-electron chi connectivity index (χ1n) is 12.0. The maximum Gasteiger partial charge on any atom is 0.417 e. The maximum atomic E-state index is 13.8. The molecule has 2 aromatic carbocycles. The van der Waals surface area contributed by atoms with Crippen LogP contribution in [0.25, 0.3) is 16.6 Å². The van der Waals surface area contributed by atoms with E-state index < -0.39 is 49.2 Å². The Morgan fingerprint density at radius 1 is 1.08 bits per heavy atom. The molecule has 1 aliphatic rings. The first-order chi connectivity index (χ1) is 17.1. The SMILES string of the molecule is CC(C)(C)[Si](C)(C)OC1CC(c2nc3cccc(C(F)(F)F)c3c(=O)n2-c2ccccc2)N(C(=O)O)C1. The number of carbonyl (C=O) groups is 1. The highest BCUT2D eigenvalue weighted by Gasteiger charge is 2.45. The van der Waals surface area contributed by atoms with Crippen molar-refractivity contribution in [2.24, 2.45) is 0 Å². The highest BCUT2D eigenvalue weighted by Crippen LogP contribution is 2.41. The number of alkyl halides is 3. The number of para-hydroxylation sites is 1. The number of carboxylic acid groups (broad SMARTS) is 1. The molecule has 2 atom stereocenters. The van der Waals surface area contributed by atoms with Crippen LogP contribution in [0.4, 0.5) is 18.0 Å². The summed E-state index contributed by atoms with van der Waals surface area (Å²) in [4.78, 5) is 31.7. The van der Waals surface area contributed by atoms with Crippen molar-refractivity contribution in [2.75, 3.05) is 6.54 Å². The zero-order chi connectivity index (χ0) is 27.3. The van der Waals surface area contributed by atoms with Crippen molar-refractivity contribution in [3.05, 3.63) is 70.3 Å². The lowest BCUT2D eigenvalue weighted by molar-refractivity contribution is -0.136. The van der Waals surface area contributed by atoms with Gasteiger partial charge in [-0.15, -0.1) is 0 Å². The van der Waals surface area contributed by atoms with Gasteiger partial charge in [0, 0.05) is 13.0 Å². The van der Waals surface area contributed by atoms with E-state index in [1.165, 1.54) is 17.0 Å². The Kier molecular flexibility index (Phi) is 6.74. The van der Waals surface area contributed by atoms with Crippen molar-refractivity contribution in [2.45, 2.75) is 63.6 Å². The third kappa shape index (κ3) is 5.02. The average molecular weight is 534 g/mol. The normalized spacial score (nSPS) is 19.0. The van der Waals surface area contributed by atoms with Crippen LogP contribution < -0.4 is 5.56 Å². The predicted molar refractivity (Wildman–Crippen MR) is 137 cm³/mol. The second-order valence-corrected chi connectivity index (χ2v) is 15.6. The van der Waals surface area contributed by atoms with Crippen molar-refractivity contribution in [1.82, 2.24) is 14.5 Å². The van der Waals surface area contributed by atoms with Gasteiger partial charge in [-0.2, -0.15) is 13.2 Å². The van der Waals surface area contributed by atoms with E-state index >= 15 is 0 Å². The van der Waals surface area contributed by atoms with Gasteiger partial charge in [-0.05, 0) is 42.4 Å². The molecule has 2 heterocycles. The zero-order valence-electron chi connectivity index (χ0n) is 21.3. The topological polar surface area (TPSA) is 84.7 Å². The lowest BCUT2D eigenvalue weighted by Gasteiger charge is -2.38. The number of benzene rings is 2. The van der Waals surface area contributed by atoms with E-state index in [1.807, 2.05) is 0 Å². The summed E-state index contributed by atoms with van der Waals surface area (Å²) in [5.74, 6) is 0.0618. The molecular weight excluding hydrogens is 503 g/mol. The summed E-state index contributed by atoms with van der Waals surface area (Å²) in [5, 5.41) is 9.36. The fraction of sp³-hybridized carbons (Fsp3) is 0.423. The van der Waals surface area contributed by atoms with Gasteiger partial charge < -0.3 is 9.53 Å². The monoisotopic (exact) mass is 533 g/mol. The quantitative estimate of drug-likeness (QED) is 0.403. The Bertz CT molecular complexity index is 1380. The third-order valence-corrected chi connectivity index (χ3v) is 11.9. The summed E-state index contributed by atoms with van der Waals surface area (Å²) in [7, 11) is -2.26. The summed E-state index contributed by atoms with van der Waals surface area (Å²) in [6.07, 6.45) is -6.20. The highest BCUT2D eigenvalue weighted by molar-refractivity contribution is 6.74. The van der Waals surface area contributed by atoms with Gasteiger partial charge in [0.05, 0.1) is 34.3 Å². The molecule has 0 saturated carbocycles. The van der Waals surface area contributed by atoms with Crippen LogP contribution in [0.2, 0.25) is 18.1 Å². The van der Waals surface area contributed by atoms with Crippen LogP contribution >= 0.6 is 0 Å². The predicted octanol–water partition coefficient (Wildman–Crippen LogP) is 6.22. The molecule has 0 aliphatic carbocycles. The van der Waals surface area contributed by atoms with Crippen LogP contribution in [-0.2, 0) is 10.6 Å². The van der Waals surface area contributed by atoms with Gasteiger partial charge >= 0.3 is 12.3 Å². The Balaban J connectivity index is 1.93. The number of nitrogens with zero attached hydrogens (tertiary/aromatic N) is 3. The van der Waals surface area contributed by atoms with Gasteiger partial charge in [-0.25, -0.2) is 9.78 Å². The van der Waals surface area contributed by atoms with Crippen LogP contribution in [0.5, 0.6) is 0 Å². The molecule has 198 valence electrons. The molecule has 11 heteroatoms. The molecule has 1 fully saturated rings. The lowest BCUT2D eigenvalue weighted by Crippen LogP contribution is -2.44. The zero-order valence-corrected chi connectivity index (χ0v) is 22.3. The Morgan fingerprint density at radius 3 is 2.30 bits per heavy atom. The van der Waals surface area contributed by atoms with E-state index in [-0.39, 0.29) is 29.3 Å². The second kappa shape index (κ2) is 9.28. The number of likely N-dealkylation sites (tertiary alicyclic amines) is 1. The van der Waals surface area contributed by atoms with Gasteiger partial charge in [0.1, 0.15) is 5.82 Å². The standard InChI is InChI=1S/C26H30F3N3O4Si/c1-25(2,3)37(4,5)36-17-14-20(31(15-17)24(34)35)22-30-19-13-9-12-18(26(27,28)29)21(19)23(33)32(22)16-10-7-6-8-11-16/h6-13,17,20H,14-15H2,1-5H3,(H,34,35). The van der Waals surface area contributed by atoms with Crippen LogP contribution in [0.1, 0.15) is 44.6 Å². The van der Waals surface area contributed by atoms with Crippen LogP contribution in [0.3, 0.4) is 0 Å². The third-order valence-electron chi connectivity index (χ3n) is 7.32. The molecule has 1 amide bonds. The molecular formula is C26H30F3N3O4Si. The number of rotatable bonds is 4. The van der Waals surface area contributed by atoms with E-state index in [0.717, 1.165) is 10.6 Å². The summed E-state index contributed by atoms with van der Waals surface area (Å²) in [6, 6.07) is 10.7. The van der Waals surface area contributed by atoms with Crippen molar-refractivity contribution in [3.63, 3.8) is 0 Å². The Hall–Kier alpha value is -3.18. The summed E-state index contributed by atoms with van der Waals surface area (Å²) in [6.45, 7) is 10.4. The molecule has 4 rings (SSSR count). The fourth-order valence-corrected chi connectivity index (χ4v) is 5.82. The minimum absolute atomic E-state index is 0.0618. The maximum absolute atomic E-state index is 13.8. The van der Waals surface area contributed by atoms with E-state index in [1.54, 1.807) is 30.3 Å². The van der Waals surface area contributed by atoms with E-state index in [0.29, 0.717) is 5.69 Å². The number of amides is 1. The van der Waals surface area contributed by atoms with E-state index in [9.17, 15) is 27.9 Å². The highest BCUT2D eigenvalue weighted by atomic mass is 28.4. The molecule has 3 aromatic rings. The van der Waals surface area contributed by atoms with Gasteiger partial charge in [-0.1, -0.05) is 45.0 Å². The summed E-state index contributed by atoms with van der Waals surface area (Å²) < 4.78 is 49.1. The number of aromatic nitrogens is 2. The molecule has 0 bridgehead atoms. The molecule has 1 aliphatic heterocycles. The van der Waals surface area contributed by atoms with Crippen LogP contribution in [0.15, 0.2) is 53.3 Å².